The minimum Gasteiger partial charge on any atom is -0.312 e. The molecule has 2 nitrogen and oxygen atoms in total. The molecule has 1 saturated heterocycles. The van der Waals surface area contributed by atoms with Crippen LogP contribution in [0.2, 0.25) is 0 Å². The monoisotopic (exact) mass is 264 g/mol. The summed E-state index contributed by atoms with van der Waals surface area (Å²) in [5, 5.41) is 3.91. The zero-order chi connectivity index (χ0) is 13.5. The van der Waals surface area contributed by atoms with E-state index >= 15 is 0 Å². The Bertz CT molecular complexity index is 312. The normalized spacial score (nSPS) is 41.8. The van der Waals surface area contributed by atoms with Crippen molar-refractivity contribution in [3.63, 3.8) is 0 Å². The van der Waals surface area contributed by atoms with Gasteiger partial charge < -0.3 is 5.32 Å². The first-order valence-electron chi connectivity index (χ1n) is 8.61. The zero-order valence-corrected chi connectivity index (χ0v) is 13.1. The molecule has 1 aliphatic heterocycles. The van der Waals surface area contributed by atoms with Gasteiger partial charge in [-0.15, -0.1) is 0 Å². The first kappa shape index (κ1) is 13.9. The molecule has 0 radical (unpaired) electrons. The van der Waals surface area contributed by atoms with Crippen molar-refractivity contribution in [3.05, 3.63) is 0 Å². The fourth-order valence-electron chi connectivity index (χ4n) is 5.05. The lowest BCUT2D eigenvalue weighted by Crippen LogP contribution is -2.60. The molecule has 0 amide bonds. The molecule has 2 aliphatic carbocycles. The van der Waals surface area contributed by atoms with Gasteiger partial charge in [-0.2, -0.15) is 0 Å². The van der Waals surface area contributed by atoms with Crippen molar-refractivity contribution in [1.82, 2.24) is 10.2 Å². The summed E-state index contributed by atoms with van der Waals surface area (Å²) < 4.78 is 0. The Balaban J connectivity index is 1.73. The molecule has 3 rings (SSSR count). The maximum atomic E-state index is 3.91. The van der Waals surface area contributed by atoms with E-state index in [1.807, 2.05) is 0 Å². The predicted octanol–water partition coefficient (Wildman–Crippen LogP) is 3.42. The summed E-state index contributed by atoms with van der Waals surface area (Å²) in [6.45, 7) is 9.85. The van der Waals surface area contributed by atoms with Gasteiger partial charge in [-0.1, -0.05) is 27.2 Å². The third-order valence-corrected chi connectivity index (χ3v) is 6.04. The van der Waals surface area contributed by atoms with Gasteiger partial charge in [0.05, 0.1) is 0 Å². The third-order valence-electron chi connectivity index (χ3n) is 6.04. The molecule has 3 fully saturated rings. The number of nitrogens with one attached hydrogen (secondary N) is 1. The summed E-state index contributed by atoms with van der Waals surface area (Å²) in [6, 6.07) is 2.45. The maximum Gasteiger partial charge on any atom is 0.0274 e. The third kappa shape index (κ3) is 2.58. The number of nitrogens with zero attached hydrogens (tertiary/aromatic N) is 1. The molecule has 0 aromatic heterocycles. The van der Waals surface area contributed by atoms with E-state index in [1.54, 1.807) is 0 Å². The van der Waals surface area contributed by atoms with Crippen LogP contribution in [0, 0.1) is 11.3 Å². The number of hydrogen-bond donors (Lipinski definition) is 1. The molecule has 0 aromatic rings. The summed E-state index contributed by atoms with van der Waals surface area (Å²) in [4.78, 5) is 2.91. The second kappa shape index (κ2) is 5.37. The Labute approximate surface area is 119 Å². The zero-order valence-electron chi connectivity index (χ0n) is 13.1. The lowest BCUT2D eigenvalue weighted by molar-refractivity contribution is 0.0309. The molecule has 4 atom stereocenters. The van der Waals surface area contributed by atoms with Crippen LogP contribution in [-0.4, -0.2) is 36.1 Å². The van der Waals surface area contributed by atoms with Gasteiger partial charge in [0.25, 0.3) is 0 Å². The molecule has 1 heterocycles. The van der Waals surface area contributed by atoms with E-state index in [4.69, 9.17) is 0 Å². The Morgan fingerprint density at radius 3 is 2.68 bits per heavy atom. The Morgan fingerprint density at radius 1 is 1.21 bits per heavy atom. The Morgan fingerprint density at radius 2 is 2.05 bits per heavy atom. The second-order valence-corrected chi connectivity index (χ2v) is 7.91. The topological polar surface area (TPSA) is 15.3 Å². The van der Waals surface area contributed by atoms with E-state index in [9.17, 15) is 0 Å². The highest BCUT2D eigenvalue weighted by Crippen LogP contribution is 2.44. The average Bonchev–Trinajstić information content (AvgIpc) is 2.98. The molecule has 2 saturated carbocycles. The summed E-state index contributed by atoms with van der Waals surface area (Å²) in [5.41, 5.74) is 0.472. The largest absolute Gasteiger partial charge is 0.312 e. The van der Waals surface area contributed by atoms with Crippen LogP contribution in [-0.2, 0) is 0 Å². The maximum absolute atomic E-state index is 3.91. The van der Waals surface area contributed by atoms with E-state index in [2.05, 4.69) is 31.0 Å². The first-order valence-corrected chi connectivity index (χ1v) is 8.61. The van der Waals surface area contributed by atoms with Crippen LogP contribution in [0.3, 0.4) is 0 Å². The van der Waals surface area contributed by atoms with E-state index in [-0.39, 0.29) is 0 Å². The second-order valence-electron chi connectivity index (χ2n) is 7.91. The highest BCUT2D eigenvalue weighted by molar-refractivity contribution is 5.03. The number of fused-ring (bicyclic) bond motifs is 2. The van der Waals surface area contributed by atoms with Crippen molar-refractivity contribution < 1.29 is 0 Å². The molecule has 4 unspecified atom stereocenters. The lowest BCUT2D eigenvalue weighted by atomic mass is 9.70. The lowest BCUT2D eigenvalue weighted by Gasteiger charge is -2.50. The molecule has 2 heteroatoms. The fraction of sp³-hybridized carbons (Fsp3) is 1.00. The van der Waals surface area contributed by atoms with Crippen molar-refractivity contribution >= 4 is 0 Å². The highest BCUT2D eigenvalue weighted by atomic mass is 15.3. The van der Waals surface area contributed by atoms with E-state index < -0.39 is 0 Å². The summed E-state index contributed by atoms with van der Waals surface area (Å²) >= 11 is 0. The molecule has 0 spiro atoms. The molecular weight excluding hydrogens is 232 g/mol. The molecule has 19 heavy (non-hydrogen) atoms. The quantitative estimate of drug-likeness (QED) is 0.837. The first-order chi connectivity index (χ1) is 9.12. The van der Waals surface area contributed by atoms with Crippen molar-refractivity contribution in [3.8, 4) is 0 Å². The number of hydrogen-bond acceptors (Lipinski definition) is 2. The highest BCUT2D eigenvalue weighted by Gasteiger charge is 2.47. The van der Waals surface area contributed by atoms with Crippen LogP contribution in [0.25, 0.3) is 0 Å². The van der Waals surface area contributed by atoms with Crippen molar-refractivity contribution in [2.45, 2.75) is 83.8 Å². The van der Waals surface area contributed by atoms with Gasteiger partial charge in [0, 0.05) is 24.7 Å². The minimum absolute atomic E-state index is 0.472. The smallest absolute Gasteiger partial charge is 0.0274 e. The van der Waals surface area contributed by atoms with Crippen LogP contribution < -0.4 is 5.32 Å². The molecule has 2 bridgehead atoms. The van der Waals surface area contributed by atoms with E-state index in [0.717, 1.165) is 18.0 Å². The summed E-state index contributed by atoms with van der Waals surface area (Å²) in [7, 11) is 0. The van der Waals surface area contributed by atoms with Crippen LogP contribution in [0.1, 0.15) is 65.7 Å². The van der Waals surface area contributed by atoms with Gasteiger partial charge in [0.2, 0.25) is 0 Å². The van der Waals surface area contributed by atoms with Crippen molar-refractivity contribution in [1.29, 1.82) is 0 Å². The molecule has 110 valence electrons. The molecule has 0 aromatic carbocycles. The molecule has 1 N–H and O–H groups in total. The predicted molar refractivity (Wildman–Crippen MR) is 81.3 cm³/mol. The fourth-order valence-corrected chi connectivity index (χ4v) is 5.05. The molecular formula is C17H32N2. The molecule has 3 aliphatic rings. The van der Waals surface area contributed by atoms with Gasteiger partial charge in [0.15, 0.2) is 0 Å². The van der Waals surface area contributed by atoms with Crippen LogP contribution in [0.4, 0.5) is 0 Å². The number of piperidine rings is 1. The average molecular weight is 264 g/mol. The van der Waals surface area contributed by atoms with Crippen molar-refractivity contribution in [2.24, 2.45) is 11.3 Å². The van der Waals surface area contributed by atoms with Crippen molar-refractivity contribution in [2.75, 3.05) is 13.1 Å². The van der Waals surface area contributed by atoms with Gasteiger partial charge in [-0.3, -0.25) is 4.90 Å². The number of likely N-dealkylation sites (tertiary alicyclic amines) is 1. The van der Waals surface area contributed by atoms with Gasteiger partial charge >= 0.3 is 0 Å². The van der Waals surface area contributed by atoms with Crippen LogP contribution >= 0.6 is 0 Å². The van der Waals surface area contributed by atoms with Gasteiger partial charge in [-0.05, 0) is 56.4 Å². The summed E-state index contributed by atoms with van der Waals surface area (Å²) in [5.74, 6) is 1.03. The van der Waals surface area contributed by atoms with E-state index in [1.165, 1.54) is 58.0 Å². The standard InChI is InChI=1S/C17H32N2/c1-4-10-18-16-15(6-5-9-17(16,2)3)19-12-13-7-8-14(19)11-13/h13-16,18H,4-12H2,1-3H3. The Kier molecular flexibility index (Phi) is 3.92. The SMILES string of the molecule is CCCNC1C(N2CC3CCC2C3)CCCC1(C)C. The number of rotatable bonds is 4. The van der Waals surface area contributed by atoms with Crippen LogP contribution in [0.15, 0.2) is 0 Å². The van der Waals surface area contributed by atoms with Gasteiger partial charge in [0.1, 0.15) is 0 Å². The summed E-state index contributed by atoms with van der Waals surface area (Å²) in [6.07, 6.45) is 9.98. The van der Waals surface area contributed by atoms with Gasteiger partial charge in [-0.25, -0.2) is 0 Å². The van der Waals surface area contributed by atoms with Crippen LogP contribution in [0.5, 0.6) is 0 Å². The Hall–Kier alpha value is -0.0800. The van der Waals surface area contributed by atoms with E-state index in [0.29, 0.717) is 11.5 Å². The minimum atomic E-state index is 0.472.